The molecule has 0 aromatic heterocycles. The van der Waals surface area contributed by atoms with E-state index in [2.05, 4.69) is 5.16 Å². The lowest BCUT2D eigenvalue weighted by Crippen LogP contribution is -2.15. The largest absolute Gasteiger partial charge is 0.409 e. The molecule has 0 fully saturated rings. The molecule has 1 rings (SSSR count). The average molecular weight is 199 g/mol. The maximum atomic E-state index is 12.6. The maximum Gasteiger partial charge on any atom is 0.283 e. The number of nitrogens with two attached hydrogens (primary N) is 1. The van der Waals surface area contributed by atoms with Gasteiger partial charge in [-0.05, 0) is 12.1 Å². The van der Waals surface area contributed by atoms with Crippen molar-refractivity contribution >= 4 is 11.5 Å². The van der Waals surface area contributed by atoms with Crippen LogP contribution in [0.3, 0.4) is 0 Å². The molecule has 0 saturated heterocycles. The molecule has 74 valence electrons. The Kier molecular flexibility index (Phi) is 2.61. The number of amidine groups is 1. The number of oxime groups is 1. The predicted molar refractivity (Wildman–Crippen MR) is 45.6 cm³/mol. The molecule has 7 heteroatoms. The van der Waals surface area contributed by atoms with E-state index in [1.54, 1.807) is 0 Å². The van der Waals surface area contributed by atoms with Crippen molar-refractivity contribution in [1.82, 2.24) is 0 Å². The van der Waals surface area contributed by atoms with Crippen LogP contribution in [0.25, 0.3) is 0 Å². The van der Waals surface area contributed by atoms with Crippen LogP contribution in [0.2, 0.25) is 0 Å². The second kappa shape index (κ2) is 3.69. The monoisotopic (exact) mass is 199 g/mol. The molecule has 0 spiro atoms. The SMILES string of the molecule is NC(=NO)c1ccc(F)cc1[N+](=O)[O-]. The van der Waals surface area contributed by atoms with Gasteiger partial charge in [-0.3, -0.25) is 10.1 Å². The number of halogens is 1. The standard InChI is InChI=1S/C7H6FN3O3/c8-4-1-2-5(7(9)10-12)6(3-4)11(13)14/h1-3,12H,(H2,9,10). The Morgan fingerprint density at radius 3 is 2.79 bits per heavy atom. The Balaban J connectivity index is 3.36. The summed E-state index contributed by atoms with van der Waals surface area (Å²) in [4.78, 5) is 9.63. The molecule has 0 aliphatic heterocycles. The van der Waals surface area contributed by atoms with Crippen LogP contribution >= 0.6 is 0 Å². The number of nitro groups is 1. The van der Waals surface area contributed by atoms with Crippen molar-refractivity contribution < 1.29 is 14.5 Å². The molecular weight excluding hydrogens is 193 g/mol. The molecule has 0 bridgehead atoms. The van der Waals surface area contributed by atoms with Gasteiger partial charge in [0.1, 0.15) is 5.82 Å². The molecule has 0 heterocycles. The summed E-state index contributed by atoms with van der Waals surface area (Å²) in [6.45, 7) is 0. The molecule has 0 radical (unpaired) electrons. The summed E-state index contributed by atoms with van der Waals surface area (Å²) < 4.78 is 12.6. The van der Waals surface area contributed by atoms with Gasteiger partial charge in [0.15, 0.2) is 5.84 Å². The van der Waals surface area contributed by atoms with Crippen LogP contribution in [-0.4, -0.2) is 16.0 Å². The highest BCUT2D eigenvalue weighted by atomic mass is 19.1. The zero-order valence-corrected chi connectivity index (χ0v) is 6.85. The van der Waals surface area contributed by atoms with Gasteiger partial charge in [0.25, 0.3) is 5.69 Å². The van der Waals surface area contributed by atoms with Crippen LogP contribution < -0.4 is 5.73 Å². The zero-order valence-electron chi connectivity index (χ0n) is 6.85. The summed E-state index contributed by atoms with van der Waals surface area (Å²) in [6.07, 6.45) is 0. The lowest BCUT2D eigenvalue weighted by molar-refractivity contribution is -0.385. The summed E-state index contributed by atoms with van der Waals surface area (Å²) in [5.74, 6) is -1.19. The van der Waals surface area contributed by atoms with Gasteiger partial charge in [-0.1, -0.05) is 5.16 Å². The fourth-order valence-corrected chi connectivity index (χ4v) is 0.926. The van der Waals surface area contributed by atoms with Crippen molar-refractivity contribution in [1.29, 1.82) is 0 Å². The molecule has 6 nitrogen and oxygen atoms in total. The highest BCUT2D eigenvalue weighted by molar-refractivity contribution is 6.00. The zero-order chi connectivity index (χ0) is 10.7. The Hall–Kier alpha value is -2.18. The number of nitro benzene ring substituents is 1. The van der Waals surface area contributed by atoms with Crippen LogP contribution in [0, 0.1) is 15.9 Å². The van der Waals surface area contributed by atoms with Crippen molar-refractivity contribution in [3.05, 3.63) is 39.7 Å². The summed E-state index contributed by atoms with van der Waals surface area (Å²) in [5, 5.41) is 21.4. The predicted octanol–water partition coefficient (Wildman–Crippen LogP) is 0.828. The molecule has 1 aromatic rings. The minimum absolute atomic E-state index is 0.126. The fraction of sp³-hybridized carbons (Fsp3) is 0. The second-order valence-corrected chi connectivity index (χ2v) is 2.40. The van der Waals surface area contributed by atoms with E-state index in [9.17, 15) is 14.5 Å². The van der Waals surface area contributed by atoms with Gasteiger partial charge in [-0.25, -0.2) is 4.39 Å². The van der Waals surface area contributed by atoms with Gasteiger partial charge in [0.2, 0.25) is 0 Å². The second-order valence-electron chi connectivity index (χ2n) is 2.40. The Morgan fingerprint density at radius 1 is 1.64 bits per heavy atom. The van der Waals surface area contributed by atoms with Crippen molar-refractivity contribution in [2.75, 3.05) is 0 Å². The summed E-state index contributed by atoms with van der Waals surface area (Å²) in [7, 11) is 0. The van der Waals surface area contributed by atoms with Crippen molar-refractivity contribution in [3.63, 3.8) is 0 Å². The van der Waals surface area contributed by atoms with Crippen molar-refractivity contribution in [3.8, 4) is 0 Å². The molecule has 0 aliphatic carbocycles. The summed E-state index contributed by atoms with van der Waals surface area (Å²) in [6, 6.07) is 2.76. The van der Waals surface area contributed by atoms with Gasteiger partial charge >= 0.3 is 0 Å². The van der Waals surface area contributed by atoms with Gasteiger partial charge in [0, 0.05) is 0 Å². The third kappa shape index (κ3) is 1.76. The van der Waals surface area contributed by atoms with Crippen LogP contribution in [0.1, 0.15) is 5.56 Å². The molecule has 14 heavy (non-hydrogen) atoms. The number of nitrogens with zero attached hydrogens (tertiary/aromatic N) is 2. The van der Waals surface area contributed by atoms with E-state index in [0.29, 0.717) is 6.07 Å². The normalized spacial score (nSPS) is 11.4. The number of rotatable bonds is 2. The molecule has 0 saturated carbocycles. The van der Waals surface area contributed by atoms with Crippen LogP contribution in [0.4, 0.5) is 10.1 Å². The molecule has 0 amide bonds. The first-order valence-corrected chi connectivity index (χ1v) is 3.48. The maximum absolute atomic E-state index is 12.6. The summed E-state index contributed by atoms with van der Waals surface area (Å²) in [5.41, 5.74) is 4.49. The highest BCUT2D eigenvalue weighted by Crippen LogP contribution is 2.19. The number of hydrogen-bond donors (Lipinski definition) is 2. The van der Waals surface area contributed by atoms with Crippen molar-refractivity contribution in [2.24, 2.45) is 10.9 Å². The third-order valence-electron chi connectivity index (χ3n) is 1.54. The van der Waals surface area contributed by atoms with E-state index in [-0.39, 0.29) is 5.56 Å². The minimum atomic E-state index is -0.809. The first kappa shape index (κ1) is 9.90. The first-order chi connectivity index (χ1) is 6.56. The van der Waals surface area contributed by atoms with E-state index in [4.69, 9.17) is 10.9 Å². The Morgan fingerprint density at radius 2 is 2.29 bits per heavy atom. The van der Waals surface area contributed by atoms with E-state index < -0.39 is 22.3 Å². The van der Waals surface area contributed by atoms with Crippen molar-refractivity contribution in [2.45, 2.75) is 0 Å². The van der Waals surface area contributed by atoms with Gasteiger partial charge < -0.3 is 10.9 Å². The molecule has 0 atom stereocenters. The molecular formula is C7H6FN3O3. The van der Waals surface area contributed by atoms with Crippen LogP contribution in [-0.2, 0) is 0 Å². The topological polar surface area (TPSA) is 102 Å². The van der Waals surface area contributed by atoms with Crippen LogP contribution in [0.5, 0.6) is 0 Å². The quantitative estimate of drug-likeness (QED) is 0.242. The lowest BCUT2D eigenvalue weighted by Gasteiger charge is -1.99. The average Bonchev–Trinajstić information content (AvgIpc) is 2.16. The van der Waals surface area contributed by atoms with E-state index in [1.807, 2.05) is 0 Å². The summed E-state index contributed by atoms with van der Waals surface area (Å²) >= 11 is 0. The fourth-order valence-electron chi connectivity index (χ4n) is 0.926. The lowest BCUT2D eigenvalue weighted by atomic mass is 10.1. The Bertz CT molecular complexity index is 405. The van der Waals surface area contributed by atoms with Gasteiger partial charge in [-0.2, -0.15) is 0 Å². The van der Waals surface area contributed by atoms with E-state index in [1.165, 1.54) is 0 Å². The van der Waals surface area contributed by atoms with Gasteiger partial charge in [0.05, 0.1) is 16.6 Å². The third-order valence-corrected chi connectivity index (χ3v) is 1.54. The van der Waals surface area contributed by atoms with Crippen LogP contribution in [0.15, 0.2) is 23.4 Å². The van der Waals surface area contributed by atoms with Gasteiger partial charge in [-0.15, -0.1) is 0 Å². The van der Waals surface area contributed by atoms with E-state index in [0.717, 1.165) is 12.1 Å². The highest BCUT2D eigenvalue weighted by Gasteiger charge is 2.17. The number of hydrogen-bond acceptors (Lipinski definition) is 4. The minimum Gasteiger partial charge on any atom is -0.409 e. The van der Waals surface area contributed by atoms with E-state index >= 15 is 0 Å². The molecule has 1 aromatic carbocycles. The first-order valence-electron chi connectivity index (χ1n) is 3.48. The number of benzene rings is 1. The smallest absolute Gasteiger partial charge is 0.283 e. The molecule has 0 aliphatic rings. The Labute approximate surface area is 77.6 Å². The molecule has 3 N–H and O–H groups in total. The molecule has 0 unspecified atom stereocenters.